The molecule has 34 heavy (non-hydrogen) atoms. The monoisotopic (exact) mass is 452 g/mol. The third-order valence-electron chi connectivity index (χ3n) is 7.13. The standard InChI is InChI=1S/C27H28N6O/c1-28-23-8-3-5-10-25(23)33-27(34)22-18-31(24-9-4-2-7-21(24)26(22)30-33)17-19-11-13-20(14-12-19)32-16-6-15-29-32/h2,4,6-7,9,11-16,18,23,25,28H,3,5,8,10,17H2,1H3/t23?,25-/m1/s1. The van der Waals surface area contributed by atoms with E-state index in [4.69, 9.17) is 5.10 Å². The van der Waals surface area contributed by atoms with Crippen molar-refractivity contribution >= 4 is 10.9 Å². The number of aromatic nitrogens is 5. The Hall–Kier alpha value is -3.71. The van der Waals surface area contributed by atoms with Crippen molar-refractivity contribution in [1.82, 2.24) is 29.4 Å². The predicted molar refractivity (Wildman–Crippen MR) is 134 cm³/mol. The predicted octanol–water partition coefficient (Wildman–Crippen LogP) is 4.24. The van der Waals surface area contributed by atoms with Gasteiger partial charge in [-0.3, -0.25) is 4.79 Å². The van der Waals surface area contributed by atoms with Crippen LogP contribution in [0.1, 0.15) is 37.3 Å². The Morgan fingerprint density at radius 1 is 1.03 bits per heavy atom. The second kappa shape index (κ2) is 8.57. The van der Waals surface area contributed by atoms with Crippen molar-refractivity contribution in [2.75, 3.05) is 7.05 Å². The molecule has 0 spiro atoms. The maximum absolute atomic E-state index is 13.6. The number of pyridine rings is 1. The number of rotatable bonds is 5. The van der Waals surface area contributed by atoms with Crippen LogP contribution in [0.15, 0.2) is 78.0 Å². The number of para-hydroxylation sites is 1. The fourth-order valence-electron chi connectivity index (χ4n) is 5.37. The molecule has 2 atom stereocenters. The molecule has 1 aromatic heterocycles. The lowest BCUT2D eigenvalue weighted by molar-refractivity contribution is 0.253. The number of benzene rings is 2. The van der Waals surface area contributed by atoms with Gasteiger partial charge in [-0.15, -0.1) is 0 Å². The van der Waals surface area contributed by atoms with Gasteiger partial charge in [0.25, 0.3) is 5.56 Å². The van der Waals surface area contributed by atoms with Gasteiger partial charge in [-0.25, -0.2) is 9.36 Å². The smallest absolute Gasteiger partial charge is 0.278 e. The number of hydrogen-bond acceptors (Lipinski definition) is 4. The summed E-state index contributed by atoms with van der Waals surface area (Å²) in [4.78, 5) is 13.6. The van der Waals surface area contributed by atoms with E-state index in [1.165, 1.54) is 6.42 Å². The molecule has 3 aromatic rings. The van der Waals surface area contributed by atoms with E-state index < -0.39 is 0 Å². The number of nitrogens with one attached hydrogen (secondary N) is 1. The van der Waals surface area contributed by atoms with E-state index in [2.05, 4.69) is 51.4 Å². The van der Waals surface area contributed by atoms with Crippen molar-refractivity contribution in [3.05, 3.63) is 89.1 Å². The van der Waals surface area contributed by atoms with Crippen molar-refractivity contribution in [3.8, 4) is 16.9 Å². The Kier molecular flexibility index (Phi) is 5.26. The number of fused-ring (bicyclic) bond motifs is 3. The highest BCUT2D eigenvalue weighted by Crippen LogP contribution is 2.32. The average molecular weight is 453 g/mol. The van der Waals surface area contributed by atoms with Crippen molar-refractivity contribution in [1.29, 1.82) is 0 Å². The fraction of sp³-hybridized carbons (Fsp3) is 0.296. The van der Waals surface area contributed by atoms with Crippen LogP contribution in [-0.4, -0.2) is 37.2 Å². The normalized spacial score (nSPS) is 18.6. The first kappa shape index (κ1) is 20.9. The Morgan fingerprint density at radius 2 is 1.85 bits per heavy atom. The molecule has 2 aliphatic heterocycles. The van der Waals surface area contributed by atoms with E-state index in [0.29, 0.717) is 12.1 Å². The zero-order chi connectivity index (χ0) is 23.1. The summed E-state index contributed by atoms with van der Waals surface area (Å²) < 4.78 is 5.77. The van der Waals surface area contributed by atoms with Gasteiger partial charge in [0, 0.05) is 36.6 Å². The van der Waals surface area contributed by atoms with Gasteiger partial charge < -0.3 is 9.88 Å². The summed E-state index contributed by atoms with van der Waals surface area (Å²) in [6.07, 6.45) is 10.1. The Balaban J connectivity index is 1.43. The fourth-order valence-corrected chi connectivity index (χ4v) is 5.37. The molecule has 1 N–H and O–H groups in total. The third kappa shape index (κ3) is 3.53. The van der Waals surface area contributed by atoms with E-state index in [9.17, 15) is 4.79 Å². The van der Waals surface area contributed by atoms with Crippen LogP contribution in [0, 0.1) is 0 Å². The maximum Gasteiger partial charge on any atom is 0.278 e. The molecule has 6 rings (SSSR count). The molecule has 3 heterocycles. The first-order chi connectivity index (χ1) is 16.7. The van der Waals surface area contributed by atoms with Gasteiger partial charge in [-0.05, 0) is 49.7 Å². The third-order valence-corrected chi connectivity index (χ3v) is 7.13. The van der Waals surface area contributed by atoms with E-state index >= 15 is 0 Å². The number of hydrogen-bond donors (Lipinski definition) is 1. The minimum atomic E-state index is 0.00989. The van der Waals surface area contributed by atoms with Crippen LogP contribution in [0.5, 0.6) is 0 Å². The van der Waals surface area contributed by atoms with Gasteiger partial charge in [-0.2, -0.15) is 10.2 Å². The van der Waals surface area contributed by atoms with Gasteiger partial charge >= 0.3 is 0 Å². The molecule has 0 radical (unpaired) electrons. The van der Waals surface area contributed by atoms with Crippen molar-refractivity contribution in [3.63, 3.8) is 0 Å². The SMILES string of the molecule is CNC1CCCC[C@H]1n1nc2c3ccccc3n(Cc3ccc(-n4cccn4)cc3)cc-2c1=O. The molecule has 0 saturated heterocycles. The van der Waals surface area contributed by atoms with E-state index in [0.717, 1.165) is 47.1 Å². The summed E-state index contributed by atoms with van der Waals surface area (Å²) >= 11 is 0. The zero-order valence-electron chi connectivity index (χ0n) is 19.3. The van der Waals surface area contributed by atoms with Crippen LogP contribution < -0.4 is 10.9 Å². The molecule has 3 aliphatic rings. The molecular formula is C27H28N6O. The molecule has 7 heteroatoms. The highest BCUT2D eigenvalue weighted by molar-refractivity contribution is 5.93. The molecule has 7 nitrogen and oxygen atoms in total. The van der Waals surface area contributed by atoms with E-state index in [-0.39, 0.29) is 17.6 Å². The Bertz CT molecular complexity index is 1450. The molecule has 1 aliphatic carbocycles. The minimum absolute atomic E-state index is 0.00989. The number of likely N-dealkylation sites (N-methyl/N-ethyl adjacent to an activating group) is 1. The second-order valence-electron chi connectivity index (χ2n) is 9.15. The summed E-state index contributed by atoms with van der Waals surface area (Å²) in [6, 6.07) is 18.9. The molecule has 2 aromatic carbocycles. The zero-order valence-corrected chi connectivity index (χ0v) is 19.3. The van der Waals surface area contributed by atoms with Crippen molar-refractivity contribution in [2.24, 2.45) is 0 Å². The second-order valence-corrected chi connectivity index (χ2v) is 9.15. The highest BCUT2D eigenvalue weighted by atomic mass is 16.1. The quantitative estimate of drug-likeness (QED) is 0.433. The molecule has 0 bridgehead atoms. The van der Waals surface area contributed by atoms with Gasteiger partial charge in [0.15, 0.2) is 0 Å². The minimum Gasteiger partial charge on any atom is -0.342 e. The van der Waals surface area contributed by atoms with Gasteiger partial charge in [0.05, 0.1) is 22.8 Å². The average Bonchev–Trinajstić information content (AvgIpc) is 3.54. The van der Waals surface area contributed by atoms with Crippen LogP contribution in [-0.2, 0) is 6.54 Å². The van der Waals surface area contributed by atoms with Crippen LogP contribution in [0.25, 0.3) is 27.8 Å². The van der Waals surface area contributed by atoms with E-state index in [1.54, 1.807) is 10.9 Å². The summed E-state index contributed by atoms with van der Waals surface area (Å²) in [6.45, 7) is 0.670. The summed E-state index contributed by atoms with van der Waals surface area (Å²) in [5, 5.41) is 13.6. The highest BCUT2D eigenvalue weighted by Gasteiger charge is 2.30. The van der Waals surface area contributed by atoms with Crippen molar-refractivity contribution in [2.45, 2.75) is 44.3 Å². The Labute approximate surface area is 198 Å². The van der Waals surface area contributed by atoms with Crippen LogP contribution in [0.2, 0.25) is 0 Å². The molecule has 1 unspecified atom stereocenters. The molecule has 0 amide bonds. The van der Waals surface area contributed by atoms with Crippen LogP contribution >= 0.6 is 0 Å². The summed E-state index contributed by atoms with van der Waals surface area (Å²) in [5.41, 5.74) is 4.75. The summed E-state index contributed by atoms with van der Waals surface area (Å²) in [5.74, 6) is 0. The van der Waals surface area contributed by atoms with Gasteiger partial charge in [-0.1, -0.05) is 43.2 Å². The topological polar surface area (TPSA) is 69.7 Å². The first-order valence-electron chi connectivity index (χ1n) is 12.0. The lowest BCUT2D eigenvalue weighted by atomic mass is 9.90. The molecule has 172 valence electrons. The molecule has 1 fully saturated rings. The lowest BCUT2D eigenvalue weighted by Gasteiger charge is -2.30. The van der Waals surface area contributed by atoms with Gasteiger partial charge in [0.1, 0.15) is 5.69 Å². The van der Waals surface area contributed by atoms with Crippen molar-refractivity contribution < 1.29 is 0 Å². The lowest BCUT2D eigenvalue weighted by Crippen LogP contribution is -2.41. The van der Waals surface area contributed by atoms with Gasteiger partial charge in [0.2, 0.25) is 0 Å². The largest absolute Gasteiger partial charge is 0.342 e. The van der Waals surface area contributed by atoms with Crippen LogP contribution in [0.4, 0.5) is 0 Å². The number of nitrogens with zero attached hydrogens (tertiary/aromatic N) is 5. The van der Waals surface area contributed by atoms with E-state index in [1.807, 2.05) is 42.3 Å². The summed E-state index contributed by atoms with van der Waals surface area (Å²) in [7, 11) is 1.98. The Morgan fingerprint density at radius 3 is 2.65 bits per heavy atom. The molecule has 1 saturated carbocycles. The maximum atomic E-state index is 13.6. The first-order valence-corrected chi connectivity index (χ1v) is 12.0. The molecular weight excluding hydrogens is 424 g/mol. The van der Waals surface area contributed by atoms with Crippen LogP contribution in [0.3, 0.4) is 0 Å².